The number of rotatable bonds is 4. The van der Waals surface area contributed by atoms with Crippen LogP contribution in [0.3, 0.4) is 0 Å². The highest BCUT2D eigenvalue weighted by Gasteiger charge is 2.30. The smallest absolute Gasteiger partial charge is 0.226 e. The van der Waals surface area contributed by atoms with E-state index in [4.69, 9.17) is 0 Å². The highest BCUT2D eigenvalue weighted by molar-refractivity contribution is 9.10. The van der Waals surface area contributed by atoms with Gasteiger partial charge in [0.1, 0.15) is 0 Å². The molecule has 2 rings (SSSR count). The zero-order valence-corrected chi connectivity index (χ0v) is 14.5. The van der Waals surface area contributed by atoms with Crippen molar-refractivity contribution in [1.29, 1.82) is 0 Å². The summed E-state index contributed by atoms with van der Waals surface area (Å²) >= 11 is 3.37. The predicted molar refractivity (Wildman–Crippen MR) is 86.9 cm³/mol. The summed E-state index contributed by atoms with van der Waals surface area (Å²) in [6.07, 6.45) is 1.49. The van der Waals surface area contributed by atoms with Crippen LogP contribution < -0.4 is 0 Å². The number of amides is 1. The molecular weight excluding hydrogens is 354 g/mol. The highest BCUT2D eigenvalue weighted by atomic mass is 79.9. The molecule has 6 heteroatoms. The number of sulfone groups is 1. The molecule has 0 radical (unpaired) electrons. The lowest BCUT2D eigenvalue weighted by molar-refractivity contribution is -0.131. The van der Waals surface area contributed by atoms with Gasteiger partial charge in [0.25, 0.3) is 0 Å². The van der Waals surface area contributed by atoms with E-state index in [1.807, 2.05) is 24.3 Å². The SMILES string of the molecule is CCS(=O)(=O)C1CCN(C(=O)Cc2ccc(Br)cc2)CC1. The van der Waals surface area contributed by atoms with Gasteiger partial charge in [0.05, 0.1) is 11.7 Å². The summed E-state index contributed by atoms with van der Waals surface area (Å²) in [5, 5.41) is -0.278. The van der Waals surface area contributed by atoms with Crippen LogP contribution in [0.4, 0.5) is 0 Å². The van der Waals surface area contributed by atoms with Gasteiger partial charge in [-0.25, -0.2) is 8.42 Å². The fourth-order valence-electron chi connectivity index (χ4n) is 2.59. The van der Waals surface area contributed by atoms with Crippen LogP contribution >= 0.6 is 15.9 Å². The summed E-state index contributed by atoms with van der Waals surface area (Å²) in [5.41, 5.74) is 0.978. The molecule has 0 unspecified atom stereocenters. The average molecular weight is 374 g/mol. The van der Waals surface area contributed by atoms with Crippen molar-refractivity contribution in [3.05, 3.63) is 34.3 Å². The van der Waals surface area contributed by atoms with Gasteiger partial charge in [-0.15, -0.1) is 0 Å². The first kappa shape index (κ1) is 16.5. The van der Waals surface area contributed by atoms with Gasteiger partial charge in [0, 0.05) is 23.3 Å². The average Bonchev–Trinajstić information content (AvgIpc) is 2.49. The Kier molecular flexibility index (Phi) is 5.43. The molecule has 1 amide bonds. The molecule has 0 atom stereocenters. The molecule has 1 aromatic rings. The van der Waals surface area contributed by atoms with Crippen molar-refractivity contribution in [1.82, 2.24) is 4.90 Å². The minimum absolute atomic E-state index is 0.0738. The normalized spacial score (nSPS) is 17.0. The van der Waals surface area contributed by atoms with E-state index in [-0.39, 0.29) is 16.9 Å². The number of benzene rings is 1. The van der Waals surface area contributed by atoms with Crippen LogP contribution in [-0.2, 0) is 21.1 Å². The molecule has 1 aliphatic heterocycles. The Morgan fingerprint density at radius 3 is 2.33 bits per heavy atom. The van der Waals surface area contributed by atoms with E-state index in [9.17, 15) is 13.2 Å². The number of carbonyl (C=O) groups excluding carboxylic acids is 1. The topological polar surface area (TPSA) is 54.5 Å². The lowest BCUT2D eigenvalue weighted by Crippen LogP contribution is -2.43. The number of halogens is 1. The van der Waals surface area contributed by atoms with E-state index in [0.29, 0.717) is 32.4 Å². The van der Waals surface area contributed by atoms with Crippen LogP contribution in [0.25, 0.3) is 0 Å². The van der Waals surface area contributed by atoms with Crippen molar-refractivity contribution in [2.75, 3.05) is 18.8 Å². The molecule has 1 heterocycles. The van der Waals surface area contributed by atoms with Crippen LogP contribution in [0.5, 0.6) is 0 Å². The lowest BCUT2D eigenvalue weighted by Gasteiger charge is -2.31. The third-order valence-corrected chi connectivity index (χ3v) is 6.79. The molecule has 0 aliphatic carbocycles. The van der Waals surface area contributed by atoms with Crippen molar-refractivity contribution < 1.29 is 13.2 Å². The number of nitrogens with zero attached hydrogens (tertiary/aromatic N) is 1. The van der Waals surface area contributed by atoms with E-state index in [0.717, 1.165) is 10.0 Å². The molecule has 1 aliphatic rings. The van der Waals surface area contributed by atoms with Gasteiger partial charge in [0.2, 0.25) is 5.91 Å². The predicted octanol–water partition coefficient (Wildman–Crippen LogP) is 2.42. The van der Waals surface area contributed by atoms with Crippen LogP contribution in [0.2, 0.25) is 0 Å². The molecule has 0 bridgehead atoms. The fraction of sp³-hybridized carbons (Fsp3) is 0.533. The maximum absolute atomic E-state index is 12.2. The number of piperidine rings is 1. The van der Waals surface area contributed by atoms with Crippen LogP contribution in [-0.4, -0.2) is 43.3 Å². The summed E-state index contributed by atoms with van der Waals surface area (Å²) in [5.74, 6) is 0.259. The molecule has 116 valence electrons. The van der Waals surface area contributed by atoms with E-state index < -0.39 is 9.84 Å². The first-order valence-electron chi connectivity index (χ1n) is 7.16. The third-order valence-electron chi connectivity index (χ3n) is 3.97. The Morgan fingerprint density at radius 2 is 1.81 bits per heavy atom. The van der Waals surface area contributed by atoms with Crippen LogP contribution in [0.15, 0.2) is 28.7 Å². The second-order valence-corrected chi connectivity index (χ2v) is 8.82. The summed E-state index contributed by atoms with van der Waals surface area (Å²) in [6.45, 7) is 2.76. The van der Waals surface area contributed by atoms with Gasteiger partial charge < -0.3 is 4.90 Å². The monoisotopic (exact) mass is 373 g/mol. The number of hydrogen-bond acceptors (Lipinski definition) is 3. The quantitative estimate of drug-likeness (QED) is 0.814. The number of likely N-dealkylation sites (tertiary alicyclic amines) is 1. The maximum atomic E-state index is 12.2. The minimum atomic E-state index is -2.98. The van der Waals surface area contributed by atoms with Crippen molar-refractivity contribution in [2.45, 2.75) is 31.4 Å². The van der Waals surface area contributed by atoms with Gasteiger partial charge in [-0.2, -0.15) is 0 Å². The van der Waals surface area contributed by atoms with E-state index in [1.54, 1.807) is 11.8 Å². The van der Waals surface area contributed by atoms with Crippen molar-refractivity contribution in [2.24, 2.45) is 0 Å². The number of hydrogen-bond donors (Lipinski definition) is 0. The van der Waals surface area contributed by atoms with Gasteiger partial charge in [-0.05, 0) is 30.5 Å². The van der Waals surface area contributed by atoms with Crippen LogP contribution in [0, 0.1) is 0 Å². The summed E-state index contributed by atoms with van der Waals surface area (Å²) in [4.78, 5) is 14.0. The molecule has 4 nitrogen and oxygen atoms in total. The summed E-state index contributed by atoms with van der Waals surface area (Å²) in [6, 6.07) is 7.69. The zero-order valence-electron chi connectivity index (χ0n) is 12.1. The van der Waals surface area contributed by atoms with Gasteiger partial charge in [0.15, 0.2) is 9.84 Å². The van der Waals surface area contributed by atoms with Crippen molar-refractivity contribution >= 4 is 31.7 Å². The molecule has 0 N–H and O–H groups in total. The Balaban J connectivity index is 1.90. The van der Waals surface area contributed by atoms with Crippen LogP contribution in [0.1, 0.15) is 25.3 Å². The second-order valence-electron chi connectivity index (χ2n) is 5.33. The molecule has 1 aromatic carbocycles. The van der Waals surface area contributed by atoms with Crippen molar-refractivity contribution in [3.63, 3.8) is 0 Å². The summed E-state index contributed by atoms with van der Waals surface area (Å²) < 4.78 is 24.7. The Morgan fingerprint density at radius 1 is 1.24 bits per heavy atom. The molecule has 1 saturated heterocycles. The maximum Gasteiger partial charge on any atom is 0.226 e. The Bertz CT molecular complexity index is 590. The van der Waals surface area contributed by atoms with Crippen molar-refractivity contribution in [3.8, 4) is 0 Å². The van der Waals surface area contributed by atoms with E-state index in [2.05, 4.69) is 15.9 Å². The van der Waals surface area contributed by atoms with Gasteiger partial charge in [-0.1, -0.05) is 35.0 Å². The lowest BCUT2D eigenvalue weighted by atomic mass is 10.1. The fourth-order valence-corrected chi connectivity index (χ4v) is 4.25. The van der Waals surface area contributed by atoms with E-state index >= 15 is 0 Å². The molecule has 21 heavy (non-hydrogen) atoms. The molecule has 0 saturated carbocycles. The first-order chi connectivity index (χ1) is 9.92. The zero-order chi connectivity index (χ0) is 15.5. The largest absolute Gasteiger partial charge is 0.342 e. The molecule has 0 spiro atoms. The third kappa shape index (κ3) is 4.30. The van der Waals surface area contributed by atoms with Gasteiger partial charge >= 0.3 is 0 Å². The van der Waals surface area contributed by atoms with Gasteiger partial charge in [-0.3, -0.25) is 4.79 Å². The number of carbonyl (C=O) groups is 1. The second kappa shape index (κ2) is 6.92. The highest BCUT2D eigenvalue weighted by Crippen LogP contribution is 2.19. The molecular formula is C15H20BrNO3S. The molecule has 0 aromatic heterocycles. The standard InChI is InChI=1S/C15H20BrNO3S/c1-2-21(19,20)14-7-9-17(10-8-14)15(18)11-12-3-5-13(16)6-4-12/h3-6,14H,2,7-11H2,1H3. The summed E-state index contributed by atoms with van der Waals surface area (Å²) in [7, 11) is -2.98. The van der Waals surface area contributed by atoms with E-state index in [1.165, 1.54) is 0 Å². The Hall–Kier alpha value is -0.880. The minimum Gasteiger partial charge on any atom is -0.342 e. The molecule has 1 fully saturated rings. The Labute approximate surface area is 134 Å². The first-order valence-corrected chi connectivity index (χ1v) is 9.67.